The van der Waals surface area contributed by atoms with E-state index in [1.807, 2.05) is 53.7 Å². The van der Waals surface area contributed by atoms with Crippen LogP contribution in [0, 0.1) is 0 Å². The predicted octanol–water partition coefficient (Wildman–Crippen LogP) is 4.01. The highest BCUT2D eigenvalue weighted by molar-refractivity contribution is 5.78. The van der Waals surface area contributed by atoms with Crippen LogP contribution in [0.1, 0.15) is 29.5 Å². The Morgan fingerprint density at radius 1 is 0.778 bits per heavy atom. The number of piperazine rings is 1. The lowest BCUT2D eigenvalue weighted by Crippen LogP contribution is -2.45. The molecular formula is C30H36N4O2. The molecule has 3 heterocycles. The molecule has 0 radical (unpaired) electrons. The average Bonchev–Trinajstić information content (AvgIpc) is 2.92. The van der Waals surface area contributed by atoms with Crippen LogP contribution in [-0.2, 0) is 24.3 Å². The number of likely N-dealkylation sites (tertiary alicyclic amines) is 1. The molecule has 0 N–H and O–H groups in total. The van der Waals surface area contributed by atoms with Crippen LogP contribution in [0.5, 0.6) is 5.75 Å². The minimum atomic E-state index is 0.164. The molecule has 3 aromatic rings. The molecule has 2 fully saturated rings. The van der Waals surface area contributed by atoms with Gasteiger partial charge in [-0.2, -0.15) is 0 Å². The summed E-state index contributed by atoms with van der Waals surface area (Å²) < 4.78 is 6.34. The molecule has 0 aliphatic carbocycles. The first-order valence-electron chi connectivity index (χ1n) is 13.1. The molecule has 0 bridgehead atoms. The number of carbonyl (C=O) groups excluding carboxylic acids is 1. The highest BCUT2D eigenvalue weighted by Crippen LogP contribution is 2.22. The Hall–Kier alpha value is -3.22. The van der Waals surface area contributed by atoms with Gasteiger partial charge in [0.15, 0.2) is 0 Å². The van der Waals surface area contributed by atoms with E-state index >= 15 is 0 Å². The molecule has 0 atom stereocenters. The van der Waals surface area contributed by atoms with Crippen molar-refractivity contribution in [3.63, 3.8) is 0 Å². The predicted molar refractivity (Wildman–Crippen MR) is 142 cm³/mol. The van der Waals surface area contributed by atoms with Gasteiger partial charge in [0.25, 0.3) is 0 Å². The van der Waals surface area contributed by atoms with Crippen molar-refractivity contribution in [3.05, 3.63) is 95.8 Å². The third-order valence-electron chi connectivity index (χ3n) is 7.19. The molecule has 36 heavy (non-hydrogen) atoms. The number of aromatic nitrogens is 1. The monoisotopic (exact) mass is 484 g/mol. The third-order valence-corrected chi connectivity index (χ3v) is 7.19. The number of hydrogen-bond acceptors (Lipinski definition) is 5. The second-order valence-corrected chi connectivity index (χ2v) is 9.92. The number of piperidine rings is 1. The van der Waals surface area contributed by atoms with Crippen molar-refractivity contribution in [2.45, 2.75) is 38.5 Å². The van der Waals surface area contributed by atoms with Crippen LogP contribution in [0.15, 0.2) is 79.1 Å². The number of pyridine rings is 1. The van der Waals surface area contributed by atoms with Gasteiger partial charge in [0, 0.05) is 77.6 Å². The van der Waals surface area contributed by atoms with E-state index in [1.165, 1.54) is 11.1 Å². The molecule has 2 aliphatic rings. The number of amides is 1. The van der Waals surface area contributed by atoms with E-state index in [1.54, 1.807) is 0 Å². The van der Waals surface area contributed by atoms with Crippen molar-refractivity contribution >= 4 is 5.91 Å². The zero-order chi connectivity index (χ0) is 24.6. The highest BCUT2D eigenvalue weighted by atomic mass is 16.5. The van der Waals surface area contributed by atoms with E-state index in [2.05, 4.69) is 45.1 Å². The molecule has 1 aromatic heterocycles. The molecule has 5 rings (SSSR count). The summed E-state index contributed by atoms with van der Waals surface area (Å²) in [5, 5.41) is 0. The van der Waals surface area contributed by atoms with Gasteiger partial charge in [-0.3, -0.25) is 19.6 Å². The second kappa shape index (κ2) is 12.2. The van der Waals surface area contributed by atoms with Crippen LogP contribution in [0.3, 0.4) is 0 Å². The summed E-state index contributed by atoms with van der Waals surface area (Å²) in [7, 11) is 0. The Bertz CT molecular complexity index is 1090. The van der Waals surface area contributed by atoms with Crippen molar-refractivity contribution in [1.29, 1.82) is 0 Å². The van der Waals surface area contributed by atoms with E-state index in [4.69, 9.17) is 4.74 Å². The van der Waals surface area contributed by atoms with Crippen LogP contribution < -0.4 is 4.74 Å². The molecule has 0 spiro atoms. The normalized spacial score (nSPS) is 17.7. The van der Waals surface area contributed by atoms with Gasteiger partial charge >= 0.3 is 0 Å². The molecule has 2 aromatic carbocycles. The fourth-order valence-corrected chi connectivity index (χ4v) is 5.13. The summed E-state index contributed by atoms with van der Waals surface area (Å²) in [5.41, 5.74) is 3.65. The molecule has 1 amide bonds. The minimum absolute atomic E-state index is 0.164. The first-order chi connectivity index (χ1) is 17.7. The van der Waals surface area contributed by atoms with E-state index in [0.29, 0.717) is 6.42 Å². The number of nitrogens with zero attached hydrogens (tertiary/aromatic N) is 4. The number of hydrogen-bond donors (Lipinski definition) is 0. The summed E-state index contributed by atoms with van der Waals surface area (Å²) in [5.74, 6) is 1.15. The number of carbonyl (C=O) groups is 1. The number of benzene rings is 2. The Balaban J connectivity index is 1.05. The maximum atomic E-state index is 12.7. The van der Waals surface area contributed by atoms with Gasteiger partial charge in [-0.25, -0.2) is 0 Å². The molecule has 2 saturated heterocycles. The quantitative estimate of drug-likeness (QED) is 0.484. The molecular weight excluding hydrogens is 448 g/mol. The van der Waals surface area contributed by atoms with Crippen molar-refractivity contribution in [1.82, 2.24) is 19.7 Å². The van der Waals surface area contributed by atoms with E-state index < -0.39 is 0 Å². The maximum Gasteiger partial charge on any atom is 0.226 e. The Labute approximate surface area is 214 Å². The SMILES string of the molecule is O=C(Cc1ccccc1)N1CCC(Oc2cccc(CN3CCN(Cc4cccnc4)CC3)c2)CC1. The Kier molecular flexibility index (Phi) is 8.26. The summed E-state index contributed by atoms with van der Waals surface area (Å²) in [6.07, 6.45) is 6.19. The molecule has 6 nitrogen and oxygen atoms in total. The van der Waals surface area contributed by atoms with Gasteiger partial charge in [0.1, 0.15) is 11.9 Å². The lowest BCUT2D eigenvalue weighted by Gasteiger charge is -2.35. The molecule has 0 unspecified atom stereocenters. The summed E-state index contributed by atoms with van der Waals surface area (Å²) in [6.45, 7) is 7.74. The van der Waals surface area contributed by atoms with E-state index in [9.17, 15) is 4.79 Å². The summed E-state index contributed by atoms with van der Waals surface area (Å²) >= 11 is 0. The fraction of sp³-hybridized carbons (Fsp3) is 0.400. The first-order valence-corrected chi connectivity index (χ1v) is 13.1. The van der Waals surface area contributed by atoms with Crippen molar-refractivity contribution in [2.75, 3.05) is 39.3 Å². The lowest BCUT2D eigenvalue weighted by molar-refractivity contribution is -0.132. The first kappa shape index (κ1) is 24.5. The third kappa shape index (κ3) is 6.93. The highest BCUT2D eigenvalue weighted by Gasteiger charge is 2.24. The smallest absolute Gasteiger partial charge is 0.226 e. The maximum absolute atomic E-state index is 12.7. The second-order valence-electron chi connectivity index (χ2n) is 9.92. The molecule has 0 saturated carbocycles. The van der Waals surface area contributed by atoms with Gasteiger partial charge in [0.05, 0.1) is 6.42 Å². The molecule has 188 valence electrons. The zero-order valence-corrected chi connectivity index (χ0v) is 21.0. The van der Waals surface area contributed by atoms with Crippen LogP contribution in [0.2, 0.25) is 0 Å². The summed E-state index contributed by atoms with van der Waals surface area (Å²) in [6, 6.07) is 22.7. The number of ether oxygens (including phenoxy) is 1. The van der Waals surface area contributed by atoms with Gasteiger partial charge in [-0.05, 0) is 34.9 Å². The van der Waals surface area contributed by atoms with Gasteiger partial charge < -0.3 is 9.64 Å². The fourth-order valence-electron chi connectivity index (χ4n) is 5.13. The Morgan fingerprint density at radius 3 is 2.14 bits per heavy atom. The Morgan fingerprint density at radius 2 is 1.44 bits per heavy atom. The van der Waals surface area contributed by atoms with Crippen LogP contribution in [0.25, 0.3) is 0 Å². The van der Waals surface area contributed by atoms with Crippen molar-refractivity contribution in [2.24, 2.45) is 0 Å². The van der Waals surface area contributed by atoms with Gasteiger partial charge in [0.2, 0.25) is 5.91 Å². The van der Waals surface area contributed by atoms with E-state index in [0.717, 1.165) is 76.5 Å². The standard InChI is InChI=1S/C30H36N4O2/c35-30(21-25-6-2-1-3-7-25)34-14-11-28(12-15-34)36-29-10-4-8-26(20-29)23-32-16-18-33(19-17-32)24-27-9-5-13-31-22-27/h1-10,13,20,22,28H,11-12,14-19,21,23-24H2. The molecule has 2 aliphatic heterocycles. The lowest BCUT2D eigenvalue weighted by atomic mass is 10.1. The largest absolute Gasteiger partial charge is 0.490 e. The minimum Gasteiger partial charge on any atom is -0.490 e. The van der Waals surface area contributed by atoms with Gasteiger partial charge in [-0.1, -0.05) is 48.5 Å². The molecule has 6 heteroatoms. The average molecular weight is 485 g/mol. The topological polar surface area (TPSA) is 48.9 Å². The summed E-state index contributed by atoms with van der Waals surface area (Å²) in [4.78, 5) is 23.9. The van der Waals surface area contributed by atoms with Crippen LogP contribution in [0.4, 0.5) is 0 Å². The van der Waals surface area contributed by atoms with Crippen LogP contribution in [-0.4, -0.2) is 71.0 Å². The van der Waals surface area contributed by atoms with Crippen molar-refractivity contribution < 1.29 is 9.53 Å². The van der Waals surface area contributed by atoms with E-state index in [-0.39, 0.29) is 12.0 Å². The zero-order valence-electron chi connectivity index (χ0n) is 21.0. The van der Waals surface area contributed by atoms with Gasteiger partial charge in [-0.15, -0.1) is 0 Å². The van der Waals surface area contributed by atoms with Crippen LogP contribution >= 0.6 is 0 Å². The number of rotatable bonds is 8. The van der Waals surface area contributed by atoms with Crippen molar-refractivity contribution in [3.8, 4) is 5.75 Å².